The SMILES string of the molecule is CCC(NC(=O)COC(C)C)C(N)=S. The molecule has 0 aromatic carbocycles. The highest BCUT2D eigenvalue weighted by molar-refractivity contribution is 7.80. The van der Waals surface area contributed by atoms with Gasteiger partial charge in [0, 0.05) is 0 Å². The molecule has 3 N–H and O–H groups in total. The van der Waals surface area contributed by atoms with Gasteiger partial charge in [-0.2, -0.15) is 0 Å². The Kier molecular flexibility index (Phi) is 6.40. The van der Waals surface area contributed by atoms with E-state index in [1.165, 1.54) is 0 Å². The number of carbonyl (C=O) groups is 1. The zero-order valence-corrected chi connectivity index (χ0v) is 9.69. The molecular weight excluding hydrogens is 200 g/mol. The smallest absolute Gasteiger partial charge is 0.246 e. The summed E-state index contributed by atoms with van der Waals surface area (Å²) in [5.74, 6) is -0.182. The maximum Gasteiger partial charge on any atom is 0.246 e. The van der Waals surface area contributed by atoms with E-state index >= 15 is 0 Å². The van der Waals surface area contributed by atoms with Crippen LogP contribution in [-0.2, 0) is 9.53 Å². The van der Waals surface area contributed by atoms with E-state index < -0.39 is 0 Å². The van der Waals surface area contributed by atoms with Crippen LogP contribution in [0.2, 0.25) is 0 Å². The summed E-state index contributed by atoms with van der Waals surface area (Å²) < 4.78 is 5.13. The third-order valence-electron chi connectivity index (χ3n) is 1.63. The molecule has 0 heterocycles. The number of hydrogen-bond donors (Lipinski definition) is 2. The first-order chi connectivity index (χ1) is 6.47. The third-order valence-corrected chi connectivity index (χ3v) is 1.92. The topological polar surface area (TPSA) is 64.3 Å². The lowest BCUT2D eigenvalue weighted by Crippen LogP contribution is -2.44. The predicted molar refractivity (Wildman–Crippen MR) is 60.1 cm³/mol. The fourth-order valence-corrected chi connectivity index (χ4v) is 1.08. The highest BCUT2D eigenvalue weighted by Gasteiger charge is 2.12. The quantitative estimate of drug-likeness (QED) is 0.641. The second kappa shape index (κ2) is 6.73. The molecule has 0 bridgehead atoms. The van der Waals surface area contributed by atoms with E-state index in [1.807, 2.05) is 20.8 Å². The number of nitrogens with one attached hydrogen (secondary N) is 1. The van der Waals surface area contributed by atoms with E-state index in [0.29, 0.717) is 11.4 Å². The highest BCUT2D eigenvalue weighted by Crippen LogP contribution is 1.92. The predicted octanol–water partition coefficient (Wildman–Crippen LogP) is 0.592. The van der Waals surface area contributed by atoms with E-state index in [-0.39, 0.29) is 24.7 Å². The number of thiocarbonyl (C=S) groups is 1. The first kappa shape index (κ1) is 13.3. The summed E-state index contributed by atoms with van der Waals surface area (Å²) in [6.45, 7) is 5.71. The largest absolute Gasteiger partial charge is 0.392 e. The minimum absolute atomic E-state index is 0.0469. The average molecular weight is 218 g/mol. The molecule has 0 fully saturated rings. The number of hydrogen-bond acceptors (Lipinski definition) is 3. The molecule has 5 heteroatoms. The number of rotatable bonds is 6. The Morgan fingerprint density at radius 2 is 2.14 bits per heavy atom. The van der Waals surface area contributed by atoms with Gasteiger partial charge in [0.05, 0.1) is 17.1 Å². The first-order valence-electron chi connectivity index (χ1n) is 4.67. The molecular formula is C9H18N2O2S. The molecule has 0 rings (SSSR count). The maximum absolute atomic E-state index is 11.3. The van der Waals surface area contributed by atoms with Gasteiger partial charge in [0.1, 0.15) is 6.61 Å². The molecule has 14 heavy (non-hydrogen) atoms. The van der Waals surface area contributed by atoms with Crippen LogP contribution in [0.25, 0.3) is 0 Å². The van der Waals surface area contributed by atoms with Gasteiger partial charge in [-0.3, -0.25) is 4.79 Å². The van der Waals surface area contributed by atoms with Crippen molar-refractivity contribution in [1.29, 1.82) is 0 Å². The van der Waals surface area contributed by atoms with Gasteiger partial charge in [0.2, 0.25) is 5.91 Å². The summed E-state index contributed by atoms with van der Waals surface area (Å²) in [7, 11) is 0. The van der Waals surface area contributed by atoms with Crippen molar-refractivity contribution in [3.8, 4) is 0 Å². The normalized spacial score (nSPS) is 12.6. The van der Waals surface area contributed by atoms with Crippen molar-refractivity contribution in [2.75, 3.05) is 6.61 Å². The number of carbonyl (C=O) groups excluding carboxylic acids is 1. The van der Waals surface area contributed by atoms with Crippen molar-refractivity contribution in [3.05, 3.63) is 0 Å². The fourth-order valence-electron chi connectivity index (χ4n) is 0.853. The molecule has 1 atom stereocenters. The maximum atomic E-state index is 11.3. The molecule has 0 aromatic rings. The molecule has 0 spiro atoms. The van der Waals surface area contributed by atoms with Crippen molar-refractivity contribution in [2.45, 2.75) is 39.3 Å². The second-order valence-electron chi connectivity index (χ2n) is 3.29. The monoisotopic (exact) mass is 218 g/mol. The lowest BCUT2D eigenvalue weighted by Gasteiger charge is -2.15. The van der Waals surface area contributed by atoms with Crippen LogP contribution in [0, 0.1) is 0 Å². The van der Waals surface area contributed by atoms with E-state index in [1.54, 1.807) is 0 Å². The fraction of sp³-hybridized carbons (Fsp3) is 0.778. The van der Waals surface area contributed by atoms with E-state index in [4.69, 9.17) is 22.7 Å². The molecule has 0 aromatic heterocycles. The van der Waals surface area contributed by atoms with Crippen LogP contribution < -0.4 is 11.1 Å². The molecule has 4 nitrogen and oxygen atoms in total. The summed E-state index contributed by atoms with van der Waals surface area (Å²) in [4.78, 5) is 11.6. The number of ether oxygens (including phenoxy) is 1. The minimum atomic E-state index is -0.228. The van der Waals surface area contributed by atoms with E-state index in [2.05, 4.69) is 5.32 Å². The highest BCUT2D eigenvalue weighted by atomic mass is 32.1. The van der Waals surface area contributed by atoms with Gasteiger partial charge < -0.3 is 15.8 Å². The zero-order chi connectivity index (χ0) is 11.1. The van der Waals surface area contributed by atoms with Crippen LogP contribution in [0.15, 0.2) is 0 Å². The van der Waals surface area contributed by atoms with Gasteiger partial charge in [-0.15, -0.1) is 0 Å². The molecule has 0 saturated carbocycles. The first-order valence-corrected chi connectivity index (χ1v) is 5.08. The van der Waals surface area contributed by atoms with Crippen LogP contribution in [0.4, 0.5) is 0 Å². The summed E-state index contributed by atoms with van der Waals surface area (Å²) in [5, 5.41) is 2.69. The van der Waals surface area contributed by atoms with Crippen LogP contribution in [0.3, 0.4) is 0 Å². The van der Waals surface area contributed by atoms with Crippen LogP contribution in [-0.4, -0.2) is 29.6 Å². The van der Waals surface area contributed by atoms with Crippen LogP contribution in [0.1, 0.15) is 27.2 Å². The summed E-state index contributed by atoms with van der Waals surface area (Å²) in [6.07, 6.45) is 0.744. The molecule has 0 saturated heterocycles. The Balaban J connectivity index is 3.85. The van der Waals surface area contributed by atoms with Gasteiger partial charge in [-0.05, 0) is 20.3 Å². The molecule has 0 aliphatic carbocycles. The number of amides is 1. The Bertz CT molecular complexity index is 207. The Morgan fingerprint density at radius 1 is 1.57 bits per heavy atom. The van der Waals surface area contributed by atoms with Gasteiger partial charge in [0.25, 0.3) is 0 Å². The van der Waals surface area contributed by atoms with Crippen LogP contribution >= 0.6 is 12.2 Å². The van der Waals surface area contributed by atoms with Crippen molar-refractivity contribution < 1.29 is 9.53 Å². The van der Waals surface area contributed by atoms with Gasteiger partial charge in [-0.25, -0.2) is 0 Å². The van der Waals surface area contributed by atoms with Gasteiger partial charge >= 0.3 is 0 Å². The lowest BCUT2D eigenvalue weighted by atomic mass is 10.2. The Labute approximate surface area is 90.2 Å². The van der Waals surface area contributed by atoms with Gasteiger partial charge in [-0.1, -0.05) is 19.1 Å². The molecule has 1 amide bonds. The third kappa shape index (κ3) is 5.88. The van der Waals surface area contributed by atoms with Gasteiger partial charge in [0.15, 0.2) is 0 Å². The summed E-state index contributed by atoms with van der Waals surface area (Å²) in [5.41, 5.74) is 5.43. The number of nitrogens with two attached hydrogens (primary N) is 1. The van der Waals surface area contributed by atoms with E-state index in [9.17, 15) is 4.79 Å². The molecule has 82 valence electrons. The minimum Gasteiger partial charge on any atom is -0.392 e. The van der Waals surface area contributed by atoms with Crippen molar-refractivity contribution in [3.63, 3.8) is 0 Å². The lowest BCUT2D eigenvalue weighted by molar-refractivity contribution is -0.127. The molecule has 0 aliphatic heterocycles. The molecule has 0 radical (unpaired) electrons. The Morgan fingerprint density at radius 3 is 2.50 bits per heavy atom. The van der Waals surface area contributed by atoms with Crippen molar-refractivity contribution in [2.24, 2.45) is 5.73 Å². The van der Waals surface area contributed by atoms with Crippen LogP contribution in [0.5, 0.6) is 0 Å². The molecule has 0 aliphatic rings. The summed E-state index contributed by atoms with van der Waals surface area (Å²) in [6, 6.07) is -0.228. The standard InChI is InChI=1S/C9H18N2O2S/c1-4-7(9(10)14)11-8(12)5-13-6(2)3/h6-7H,4-5H2,1-3H3,(H2,10,14)(H,11,12). The van der Waals surface area contributed by atoms with E-state index in [0.717, 1.165) is 0 Å². The summed E-state index contributed by atoms with van der Waals surface area (Å²) >= 11 is 4.79. The zero-order valence-electron chi connectivity index (χ0n) is 8.87. The average Bonchev–Trinajstić information content (AvgIpc) is 2.10. The second-order valence-corrected chi connectivity index (χ2v) is 3.76. The molecule has 1 unspecified atom stereocenters. The Hall–Kier alpha value is -0.680. The van der Waals surface area contributed by atoms with Crippen molar-refractivity contribution in [1.82, 2.24) is 5.32 Å². The van der Waals surface area contributed by atoms with Crippen molar-refractivity contribution >= 4 is 23.1 Å².